The summed E-state index contributed by atoms with van der Waals surface area (Å²) >= 11 is 6.30. The molecular formula is C24H31ClN2O3. The van der Waals surface area contributed by atoms with Crippen molar-refractivity contribution in [1.82, 2.24) is 10.2 Å². The molecule has 0 heterocycles. The van der Waals surface area contributed by atoms with Crippen LogP contribution in [0.3, 0.4) is 0 Å². The summed E-state index contributed by atoms with van der Waals surface area (Å²) in [4.78, 5) is 27.2. The van der Waals surface area contributed by atoms with E-state index in [2.05, 4.69) is 5.32 Å². The maximum Gasteiger partial charge on any atom is 0.261 e. The molecule has 2 amide bonds. The maximum atomic E-state index is 13.0. The van der Waals surface area contributed by atoms with Crippen LogP contribution in [0.1, 0.15) is 37.5 Å². The van der Waals surface area contributed by atoms with Crippen LogP contribution in [0.5, 0.6) is 5.75 Å². The Morgan fingerprint density at radius 3 is 2.40 bits per heavy atom. The quantitative estimate of drug-likeness (QED) is 0.636. The van der Waals surface area contributed by atoms with Crippen molar-refractivity contribution in [2.24, 2.45) is 5.92 Å². The predicted octanol–water partition coefficient (Wildman–Crippen LogP) is 4.53. The van der Waals surface area contributed by atoms with Crippen LogP contribution in [-0.2, 0) is 16.1 Å². The van der Waals surface area contributed by atoms with Gasteiger partial charge in [-0.3, -0.25) is 9.59 Å². The summed E-state index contributed by atoms with van der Waals surface area (Å²) in [6, 6.07) is 12.4. The number of carbonyl (C=O) groups is 2. The molecule has 6 heteroatoms. The molecule has 2 rings (SSSR count). The standard InChI is InChI=1S/C24H31ClN2O3/c1-16(2)13-26-24(29)19(5)27(14-20-8-6-7-9-22(20)25)23(28)15-30-21-11-10-17(3)18(4)12-21/h6-12,16,19H,13-15H2,1-5H3,(H,26,29). The van der Waals surface area contributed by atoms with Crippen molar-refractivity contribution in [2.45, 2.75) is 47.2 Å². The van der Waals surface area contributed by atoms with Gasteiger partial charge in [-0.05, 0) is 61.6 Å². The first kappa shape index (κ1) is 23.7. The fourth-order valence-corrected chi connectivity index (χ4v) is 3.07. The van der Waals surface area contributed by atoms with E-state index in [1.807, 2.05) is 64.1 Å². The lowest BCUT2D eigenvalue weighted by Crippen LogP contribution is -2.49. The minimum Gasteiger partial charge on any atom is -0.484 e. The van der Waals surface area contributed by atoms with E-state index in [4.69, 9.17) is 16.3 Å². The number of benzene rings is 2. The molecule has 0 aliphatic carbocycles. The van der Waals surface area contributed by atoms with E-state index in [0.717, 1.165) is 16.7 Å². The van der Waals surface area contributed by atoms with Gasteiger partial charge in [0.15, 0.2) is 6.61 Å². The second-order valence-corrected chi connectivity index (χ2v) is 8.37. The van der Waals surface area contributed by atoms with Crippen molar-refractivity contribution in [2.75, 3.05) is 13.2 Å². The van der Waals surface area contributed by atoms with Gasteiger partial charge in [0.1, 0.15) is 11.8 Å². The molecule has 0 bridgehead atoms. The van der Waals surface area contributed by atoms with E-state index in [-0.39, 0.29) is 25.0 Å². The molecule has 1 N–H and O–H groups in total. The molecule has 0 saturated carbocycles. The van der Waals surface area contributed by atoms with Gasteiger partial charge in [-0.1, -0.05) is 49.7 Å². The van der Waals surface area contributed by atoms with E-state index in [1.54, 1.807) is 13.0 Å². The van der Waals surface area contributed by atoms with Crippen molar-refractivity contribution in [3.63, 3.8) is 0 Å². The molecule has 1 atom stereocenters. The van der Waals surface area contributed by atoms with Gasteiger partial charge in [0, 0.05) is 18.1 Å². The lowest BCUT2D eigenvalue weighted by Gasteiger charge is -2.29. The number of amides is 2. The van der Waals surface area contributed by atoms with Crippen molar-refractivity contribution < 1.29 is 14.3 Å². The molecule has 0 aliphatic rings. The van der Waals surface area contributed by atoms with Crippen LogP contribution in [0.25, 0.3) is 0 Å². The summed E-state index contributed by atoms with van der Waals surface area (Å²) in [5, 5.41) is 3.45. The average molecular weight is 431 g/mol. The van der Waals surface area contributed by atoms with Gasteiger partial charge in [0.25, 0.3) is 5.91 Å². The summed E-state index contributed by atoms with van der Waals surface area (Å²) < 4.78 is 5.72. The number of halogens is 1. The Bertz CT molecular complexity index is 883. The van der Waals surface area contributed by atoms with E-state index >= 15 is 0 Å². The summed E-state index contributed by atoms with van der Waals surface area (Å²) in [5.74, 6) is 0.471. The van der Waals surface area contributed by atoms with Gasteiger partial charge in [-0.25, -0.2) is 0 Å². The number of rotatable bonds is 9. The monoisotopic (exact) mass is 430 g/mol. The van der Waals surface area contributed by atoms with Crippen LogP contribution in [0.2, 0.25) is 5.02 Å². The lowest BCUT2D eigenvalue weighted by molar-refractivity contribution is -0.142. The Morgan fingerprint density at radius 2 is 1.77 bits per heavy atom. The van der Waals surface area contributed by atoms with E-state index in [0.29, 0.717) is 23.2 Å². The lowest BCUT2D eigenvalue weighted by atomic mass is 10.1. The molecular weight excluding hydrogens is 400 g/mol. The highest BCUT2D eigenvalue weighted by atomic mass is 35.5. The maximum absolute atomic E-state index is 13.0. The van der Waals surface area contributed by atoms with Gasteiger partial charge in [0.05, 0.1) is 0 Å². The van der Waals surface area contributed by atoms with Crippen molar-refractivity contribution in [3.05, 3.63) is 64.2 Å². The SMILES string of the molecule is Cc1ccc(OCC(=O)N(Cc2ccccc2Cl)C(C)C(=O)NCC(C)C)cc1C. The fourth-order valence-electron chi connectivity index (χ4n) is 2.88. The third kappa shape index (κ3) is 6.77. The highest BCUT2D eigenvalue weighted by Crippen LogP contribution is 2.20. The minimum absolute atomic E-state index is 0.158. The van der Waals surface area contributed by atoms with Crippen LogP contribution in [0.4, 0.5) is 0 Å². The van der Waals surface area contributed by atoms with E-state index in [1.165, 1.54) is 4.90 Å². The molecule has 2 aromatic carbocycles. The molecule has 30 heavy (non-hydrogen) atoms. The normalized spacial score (nSPS) is 11.8. The number of aryl methyl sites for hydroxylation is 2. The van der Waals surface area contributed by atoms with Crippen LogP contribution in [0, 0.1) is 19.8 Å². The first-order valence-electron chi connectivity index (χ1n) is 10.2. The van der Waals surface area contributed by atoms with Gasteiger partial charge < -0.3 is 15.0 Å². The molecule has 0 saturated heterocycles. The highest BCUT2D eigenvalue weighted by Gasteiger charge is 2.27. The predicted molar refractivity (Wildman–Crippen MR) is 121 cm³/mol. The largest absolute Gasteiger partial charge is 0.484 e. The molecule has 0 aliphatic heterocycles. The summed E-state index contributed by atoms with van der Waals surface area (Å²) in [6.45, 7) is 10.4. The summed E-state index contributed by atoms with van der Waals surface area (Å²) in [5.41, 5.74) is 3.03. The fraction of sp³-hybridized carbons (Fsp3) is 0.417. The molecule has 1 unspecified atom stereocenters. The minimum atomic E-state index is -0.657. The Labute approximate surface area is 184 Å². The third-order valence-electron chi connectivity index (χ3n) is 4.99. The average Bonchev–Trinajstić information content (AvgIpc) is 2.71. The zero-order valence-corrected chi connectivity index (χ0v) is 19.1. The molecule has 0 radical (unpaired) electrons. The highest BCUT2D eigenvalue weighted by molar-refractivity contribution is 6.31. The molecule has 5 nitrogen and oxygen atoms in total. The van der Waals surface area contributed by atoms with Crippen LogP contribution in [0.15, 0.2) is 42.5 Å². The Balaban J connectivity index is 2.16. The smallest absolute Gasteiger partial charge is 0.261 e. The molecule has 0 fully saturated rings. The van der Waals surface area contributed by atoms with Crippen molar-refractivity contribution in [3.8, 4) is 5.75 Å². The van der Waals surface area contributed by atoms with Crippen LogP contribution in [-0.4, -0.2) is 35.9 Å². The third-order valence-corrected chi connectivity index (χ3v) is 5.36. The molecule has 0 aromatic heterocycles. The molecule has 162 valence electrons. The number of ether oxygens (including phenoxy) is 1. The van der Waals surface area contributed by atoms with Gasteiger partial charge in [0.2, 0.25) is 5.91 Å². The number of nitrogens with zero attached hydrogens (tertiary/aromatic N) is 1. The van der Waals surface area contributed by atoms with E-state index < -0.39 is 6.04 Å². The van der Waals surface area contributed by atoms with Crippen LogP contribution < -0.4 is 10.1 Å². The topological polar surface area (TPSA) is 58.6 Å². The number of hydrogen-bond donors (Lipinski definition) is 1. The summed E-state index contributed by atoms with van der Waals surface area (Å²) in [7, 11) is 0. The Kier molecular flexibility index (Phi) is 8.72. The van der Waals surface area contributed by atoms with Gasteiger partial charge >= 0.3 is 0 Å². The first-order valence-corrected chi connectivity index (χ1v) is 10.6. The summed E-state index contributed by atoms with van der Waals surface area (Å²) in [6.07, 6.45) is 0. The Hall–Kier alpha value is -2.53. The molecule has 0 spiro atoms. The van der Waals surface area contributed by atoms with Gasteiger partial charge in [-0.2, -0.15) is 0 Å². The first-order chi connectivity index (χ1) is 14.2. The second kappa shape index (κ2) is 11.0. The van der Waals surface area contributed by atoms with E-state index in [9.17, 15) is 9.59 Å². The molecule has 2 aromatic rings. The van der Waals surface area contributed by atoms with Crippen LogP contribution >= 0.6 is 11.6 Å². The number of nitrogens with one attached hydrogen (secondary N) is 1. The zero-order valence-electron chi connectivity index (χ0n) is 18.4. The second-order valence-electron chi connectivity index (χ2n) is 7.96. The van der Waals surface area contributed by atoms with Crippen molar-refractivity contribution >= 4 is 23.4 Å². The van der Waals surface area contributed by atoms with Crippen molar-refractivity contribution in [1.29, 1.82) is 0 Å². The van der Waals surface area contributed by atoms with Gasteiger partial charge in [-0.15, -0.1) is 0 Å². The number of carbonyl (C=O) groups excluding carboxylic acids is 2. The Morgan fingerprint density at radius 1 is 1.07 bits per heavy atom. The number of hydrogen-bond acceptors (Lipinski definition) is 3. The zero-order chi connectivity index (χ0) is 22.3.